The summed E-state index contributed by atoms with van der Waals surface area (Å²) in [7, 11) is 0. The maximum Gasteiger partial charge on any atom is 0.255 e. The van der Waals surface area contributed by atoms with Crippen molar-refractivity contribution in [2.45, 2.75) is 40.0 Å². The second-order valence-corrected chi connectivity index (χ2v) is 6.54. The lowest BCUT2D eigenvalue weighted by molar-refractivity contribution is -0.117. The number of anilines is 1. The van der Waals surface area contributed by atoms with Gasteiger partial charge in [-0.3, -0.25) is 14.6 Å². The standard InChI is InChI=1S/C20H23N5O2/c1-5-16(15-9-7-6-8-10-15)19(27)22-17-11-12(2)24-25(17)20-21-14(4)13(3)18(26)23-20/h6-11,16H,5H2,1-4H3,(H,22,27)(H,21,23,26). The number of hydrogen-bond acceptors (Lipinski definition) is 4. The highest BCUT2D eigenvalue weighted by Crippen LogP contribution is 2.22. The Morgan fingerprint density at radius 1 is 1.22 bits per heavy atom. The molecule has 1 aromatic carbocycles. The first-order chi connectivity index (χ1) is 12.9. The van der Waals surface area contributed by atoms with Gasteiger partial charge in [0.1, 0.15) is 5.82 Å². The van der Waals surface area contributed by atoms with Crippen molar-refractivity contribution in [1.82, 2.24) is 19.7 Å². The number of carbonyl (C=O) groups is 1. The van der Waals surface area contributed by atoms with E-state index in [-0.39, 0.29) is 23.3 Å². The van der Waals surface area contributed by atoms with E-state index in [0.29, 0.717) is 29.2 Å². The average molecular weight is 365 g/mol. The van der Waals surface area contributed by atoms with Gasteiger partial charge < -0.3 is 5.32 Å². The van der Waals surface area contributed by atoms with Gasteiger partial charge in [-0.15, -0.1) is 0 Å². The predicted molar refractivity (Wildman–Crippen MR) is 104 cm³/mol. The highest BCUT2D eigenvalue weighted by atomic mass is 16.2. The fraction of sp³-hybridized carbons (Fsp3) is 0.300. The second kappa shape index (κ2) is 7.57. The highest BCUT2D eigenvalue weighted by molar-refractivity contribution is 5.95. The van der Waals surface area contributed by atoms with Crippen LogP contribution in [0, 0.1) is 20.8 Å². The quantitative estimate of drug-likeness (QED) is 0.727. The molecule has 0 fully saturated rings. The van der Waals surface area contributed by atoms with E-state index >= 15 is 0 Å². The summed E-state index contributed by atoms with van der Waals surface area (Å²) < 4.78 is 1.46. The minimum Gasteiger partial charge on any atom is -0.310 e. The van der Waals surface area contributed by atoms with Gasteiger partial charge in [-0.25, -0.2) is 4.98 Å². The van der Waals surface area contributed by atoms with Crippen LogP contribution in [-0.4, -0.2) is 25.7 Å². The molecule has 0 radical (unpaired) electrons. The zero-order valence-electron chi connectivity index (χ0n) is 15.9. The fourth-order valence-corrected chi connectivity index (χ4v) is 2.95. The van der Waals surface area contributed by atoms with Crippen molar-refractivity contribution in [3.05, 3.63) is 69.3 Å². The van der Waals surface area contributed by atoms with Crippen LogP contribution in [0.15, 0.2) is 41.2 Å². The molecule has 0 aliphatic rings. The van der Waals surface area contributed by atoms with Crippen LogP contribution in [0.3, 0.4) is 0 Å². The van der Waals surface area contributed by atoms with Crippen LogP contribution >= 0.6 is 0 Å². The van der Waals surface area contributed by atoms with Crippen LogP contribution in [-0.2, 0) is 4.79 Å². The van der Waals surface area contributed by atoms with Gasteiger partial charge in [0.25, 0.3) is 5.56 Å². The molecule has 1 atom stereocenters. The smallest absolute Gasteiger partial charge is 0.255 e. The number of aromatic nitrogens is 4. The molecule has 2 N–H and O–H groups in total. The van der Waals surface area contributed by atoms with Gasteiger partial charge in [-0.2, -0.15) is 9.78 Å². The average Bonchev–Trinajstić information content (AvgIpc) is 3.01. The number of hydrogen-bond donors (Lipinski definition) is 2. The number of carbonyl (C=O) groups excluding carboxylic acids is 1. The van der Waals surface area contributed by atoms with E-state index in [2.05, 4.69) is 20.4 Å². The van der Waals surface area contributed by atoms with Crippen molar-refractivity contribution < 1.29 is 4.79 Å². The molecule has 7 heteroatoms. The molecule has 2 heterocycles. The molecule has 0 saturated carbocycles. The molecule has 3 rings (SSSR count). The molecular weight excluding hydrogens is 342 g/mol. The van der Waals surface area contributed by atoms with Gasteiger partial charge >= 0.3 is 0 Å². The number of H-pyrrole nitrogens is 1. The fourth-order valence-electron chi connectivity index (χ4n) is 2.95. The Labute approximate surface area is 157 Å². The first-order valence-corrected chi connectivity index (χ1v) is 8.91. The Bertz CT molecular complexity index is 1020. The van der Waals surface area contributed by atoms with Crippen LogP contribution in [0.4, 0.5) is 5.82 Å². The summed E-state index contributed by atoms with van der Waals surface area (Å²) in [6.07, 6.45) is 0.668. The third-order valence-electron chi connectivity index (χ3n) is 4.59. The molecule has 1 amide bonds. The van der Waals surface area contributed by atoms with Crippen LogP contribution in [0.5, 0.6) is 0 Å². The molecule has 0 saturated heterocycles. The van der Waals surface area contributed by atoms with E-state index in [1.807, 2.05) is 44.2 Å². The summed E-state index contributed by atoms with van der Waals surface area (Å²) >= 11 is 0. The molecule has 27 heavy (non-hydrogen) atoms. The number of aryl methyl sites for hydroxylation is 2. The SMILES string of the molecule is CCC(C(=O)Nc1cc(C)nn1-c1nc(C)c(C)c(=O)[nH]1)c1ccccc1. The molecular formula is C20H23N5O2. The summed E-state index contributed by atoms with van der Waals surface area (Å²) in [5.74, 6) is 0.343. The van der Waals surface area contributed by atoms with Gasteiger partial charge in [-0.1, -0.05) is 37.3 Å². The predicted octanol–water partition coefficient (Wildman–Crippen LogP) is 3.01. The molecule has 0 spiro atoms. The molecule has 140 valence electrons. The summed E-state index contributed by atoms with van der Waals surface area (Å²) in [5, 5.41) is 7.31. The first-order valence-electron chi connectivity index (χ1n) is 8.91. The van der Waals surface area contributed by atoms with Crippen molar-refractivity contribution in [2.24, 2.45) is 0 Å². The third kappa shape index (κ3) is 3.81. The van der Waals surface area contributed by atoms with Crippen LogP contribution < -0.4 is 10.9 Å². The zero-order valence-corrected chi connectivity index (χ0v) is 15.9. The van der Waals surface area contributed by atoms with Crippen molar-refractivity contribution in [3.63, 3.8) is 0 Å². The third-order valence-corrected chi connectivity index (χ3v) is 4.59. The Hall–Kier alpha value is -3.22. The van der Waals surface area contributed by atoms with Gasteiger partial charge in [0.15, 0.2) is 0 Å². The highest BCUT2D eigenvalue weighted by Gasteiger charge is 2.21. The minimum absolute atomic E-state index is 0.129. The van der Waals surface area contributed by atoms with Crippen molar-refractivity contribution in [2.75, 3.05) is 5.32 Å². The molecule has 2 aromatic heterocycles. The van der Waals surface area contributed by atoms with Gasteiger partial charge in [0.05, 0.1) is 11.6 Å². The number of benzene rings is 1. The van der Waals surface area contributed by atoms with Crippen LogP contribution in [0.25, 0.3) is 5.95 Å². The van der Waals surface area contributed by atoms with Crippen LogP contribution in [0.1, 0.15) is 41.8 Å². The minimum atomic E-state index is -0.276. The monoisotopic (exact) mass is 365 g/mol. The van der Waals surface area contributed by atoms with E-state index in [1.54, 1.807) is 19.9 Å². The Morgan fingerprint density at radius 3 is 2.56 bits per heavy atom. The Kier molecular flexibility index (Phi) is 5.21. The summed E-state index contributed by atoms with van der Waals surface area (Å²) in [5.41, 5.74) is 2.62. The number of nitrogens with zero attached hydrogens (tertiary/aromatic N) is 3. The molecule has 1 unspecified atom stereocenters. The number of aromatic amines is 1. The van der Waals surface area contributed by atoms with E-state index in [9.17, 15) is 9.59 Å². The summed E-state index contributed by atoms with van der Waals surface area (Å²) in [6.45, 7) is 7.28. The summed E-state index contributed by atoms with van der Waals surface area (Å²) in [4.78, 5) is 32.1. The van der Waals surface area contributed by atoms with E-state index in [1.165, 1.54) is 4.68 Å². The molecule has 0 bridgehead atoms. The number of nitrogens with one attached hydrogen (secondary N) is 2. The summed E-state index contributed by atoms with van der Waals surface area (Å²) in [6, 6.07) is 11.4. The lowest BCUT2D eigenvalue weighted by Gasteiger charge is -2.16. The Morgan fingerprint density at radius 2 is 1.93 bits per heavy atom. The van der Waals surface area contributed by atoms with E-state index < -0.39 is 0 Å². The van der Waals surface area contributed by atoms with Gasteiger partial charge in [-0.05, 0) is 32.8 Å². The number of amides is 1. The molecule has 7 nitrogen and oxygen atoms in total. The Balaban J connectivity index is 1.95. The first kappa shape index (κ1) is 18.6. The maximum absolute atomic E-state index is 12.9. The van der Waals surface area contributed by atoms with Gasteiger partial charge in [0.2, 0.25) is 11.9 Å². The normalized spacial score (nSPS) is 12.0. The topological polar surface area (TPSA) is 92.7 Å². The second-order valence-electron chi connectivity index (χ2n) is 6.54. The molecule has 3 aromatic rings. The van der Waals surface area contributed by atoms with E-state index in [0.717, 1.165) is 5.56 Å². The largest absolute Gasteiger partial charge is 0.310 e. The molecule has 0 aliphatic heterocycles. The maximum atomic E-state index is 12.9. The van der Waals surface area contributed by atoms with Crippen LogP contribution in [0.2, 0.25) is 0 Å². The lowest BCUT2D eigenvalue weighted by atomic mass is 9.96. The molecule has 0 aliphatic carbocycles. The zero-order chi connectivity index (χ0) is 19.6. The van der Waals surface area contributed by atoms with Crippen molar-refractivity contribution in [1.29, 1.82) is 0 Å². The van der Waals surface area contributed by atoms with Crippen molar-refractivity contribution >= 4 is 11.7 Å². The van der Waals surface area contributed by atoms with Crippen molar-refractivity contribution in [3.8, 4) is 5.95 Å². The van der Waals surface area contributed by atoms with E-state index in [4.69, 9.17) is 0 Å². The number of rotatable bonds is 5. The lowest BCUT2D eigenvalue weighted by Crippen LogP contribution is -2.24. The van der Waals surface area contributed by atoms with Gasteiger partial charge in [0, 0.05) is 17.3 Å².